The van der Waals surface area contributed by atoms with Gasteiger partial charge in [0.1, 0.15) is 5.82 Å². The van der Waals surface area contributed by atoms with Crippen molar-refractivity contribution < 1.29 is 9.18 Å². The molecule has 2 atom stereocenters. The van der Waals surface area contributed by atoms with E-state index in [9.17, 15) is 9.18 Å². The molecule has 17 heavy (non-hydrogen) atoms. The van der Waals surface area contributed by atoms with E-state index in [-0.39, 0.29) is 11.7 Å². The van der Waals surface area contributed by atoms with Gasteiger partial charge in [-0.25, -0.2) is 4.39 Å². The number of carbonyl (C=O) groups is 1. The minimum absolute atomic E-state index is 0.0149. The van der Waals surface area contributed by atoms with Crippen LogP contribution in [0.15, 0.2) is 24.3 Å². The third-order valence-electron chi connectivity index (χ3n) is 4.09. The number of rotatable bonds is 1. The zero-order chi connectivity index (χ0) is 11.8. The molecule has 1 saturated carbocycles. The van der Waals surface area contributed by atoms with Crippen LogP contribution < -0.4 is 0 Å². The minimum atomic E-state index is -0.338. The van der Waals surface area contributed by atoms with E-state index in [1.165, 1.54) is 31.4 Å². The van der Waals surface area contributed by atoms with E-state index in [1.54, 1.807) is 12.1 Å². The molecule has 3 rings (SSSR count). The van der Waals surface area contributed by atoms with Crippen molar-refractivity contribution in [2.24, 2.45) is 11.8 Å². The van der Waals surface area contributed by atoms with E-state index < -0.39 is 0 Å². The van der Waals surface area contributed by atoms with E-state index in [4.69, 9.17) is 0 Å². The van der Waals surface area contributed by atoms with E-state index in [2.05, 4.69) is 0 Å². The van der Waals surface area contributed by atoms with Crippen LogP contribution >= 0.6 is 0 Å². The molecule has 1 amide bonds. The highest BCUT2D eigenvalue weighted by molar-refractivity contribution is 5.94. The highest BCUT2D eigenvalue weighted by Gasteiger charge is 2.38. The normalized spacial score (nSPS) is 27.2. The number of halogens is 1. The molecule has 1 saturated heterocycles. The van der Waals surface area contributed by atoms with Gasteiger partial charge < -0.3 is 4.90 Å². The molecule has 0 bridgehead atoms. The first-order valence-corrected chi connectivity index (χ1v) is 6.29. The molecule has 0 N–H and O–H groups in total. The zero-order valence-corrected chi connectivity index (χ0v) is 9.73. The minimum Gasteiger partial charge on any atom is -0.338 e. The van der Waals surface area contributed by atoms with Gasteiger partial charge in [-0.1, -0.05) is 12.5 Å². The van der Waals surface area contributed by atoms with Crippen molar-refractivity contribution in [1.29, 1.82) is 0 Å². The maximum Gasteiger partial charge on any atom is 0.253 e. The van der Waals surface area contributed by atoms with Gasteiger partial charge in [-0.2, -0.15) is 0 Å². The quantitative estimate of drug-likeness (QED) is 0.730. The molecule has 2 nitrogen and oxygen atoms in total. The molecule has 2 unspecified atom stereocenters. The first kappa shape index (κ1) is 10.8. The lowest BCUT2D eigenvalue weighted by atomic mass is 10.0. The molecule has 2 aliphatic rings. The molecule has 1 heterocycles. The summed E-state index contributed by atoms with van der Waals surface area (Å²) in [5.74, 6) is 1.02. The summed E-state index contributed by atoms with van der Waals surface area (Å²) in [6.45, 7) is 1.72. The van der Waals surface area contributed by atoms with Crippen LogP contribution in [-0.4, -0.2) is 23.9 Å². The maximum atomic E-state index is 13.1. The van der Waals surface area contributed by atoms with Gasteiger partial charge in [-0.15, -0.1) is 0 Å². The molecule has 0 radical (unpaired) electrons. The second-order valence-corrected chi connectivity index (χ2v) is 5.17. The highest BCUT2D eigenvalue weighted by Crippen LogP contribution is 2.38. The summed E-state index contributed by atoms with van der Waals surface area (Å²) in [5, 5.41) is 0. The lowest BCUT2D eigenvalue weighted by Crippen LogP contribution is -2.29. The van der Waals surface area contributed by atoms with E-state index in [0.29, 0.717) is 17.4 Å². The number of hydrogen-bond acceptors (Lipinski definition) is 1. The fourth-order valence-corrected chi connectivity index (χ4v) is 3.20. The van der Waals surface area contributed by atoms with Crippen LogP contribution in [0, 0.1) is 17.7 Å². The topological polar surface area (TPSA) is 20.3 Å². The van der Waals surface area contributed by atoms with Crippen LogP contribution in [0.1, 0.15) is 29.6 Å². The fourth-order valence-electron chi connectivity index (χ4n) is 3.20. The fraction of sp³-hybridized carbons (Fsp3) is 0.500. The molecular weight excluding hydrogens is 217 g/mol. The Morgan fingerprint density at radius 2 is 1.94 bits per heavy atom. The Morgan fingerprint density at radius 3 is 2.59 bits per heavy atom. The summed E-state index contributed by atoms with van der Waals surface area (Å²) in [6, 6.07) is 5.99. The predicted octanol–water partition coefficient (Wildman–Crippen LogP) is 2.70. The molecule has 1 aromatic carbocycles. The summed E-state index contributed by atoms with van der Waals surface area (Å²) < 4.78 is 13.1. The van der Waals surface area contributed by atoms with Crippen LogP contribution in [0.4, 0.5) is 4.39 Å². The van der Waals surface area contributed by atoms with Gasteiger partial charge in [-0.05, 0) is 42.9 Å². The number of fused-ring (bicyclic) bond motifs is 1. The summed E-state index contributed by atoms with van der Waals surface area (Å²) in [4.78, 5) is 14.1. The third-order valence-corrected chi connectivity index (χ3v) is 4.09. The Kier molecular flexibility index (Phi) is 2.61. The average molecular weight is 233 g/mol. The molecule has 1 aliphatic heterocycles. The van der Waals surface area contributed by atoms with Crippen molar-refractivity contribution >= 4 is 5.91 Å². The molecule has 1 aliphatic carbocycles. The van der Waals surface area contributed by atoms with Gasteiger partial charge in [0.05, 0.1) is 0 Å². The number of likely N-dealkylation sites (tertiary alicyclic amines) is 1. The van der Waals surface area contributed by atoms with E-state index in [0.717, 1.165) is 13.1 Å². The predicted molar refractivity (Wildman–Crippen MR) is 63.1 cm³/mol. The van der Waals surface area contributed by atoms with Crippen LogP contribution in [0.5, 0.6) is 0 Å². The van der Waals surface area contributed by atoms with E-state index in [1.807, 2.05) is 4.90 Å². The highest BCUT2D eigenvalue weighted by atomic mass is 19.1. The first-order valence-electron chi connectivity index (χ1n) is 6.29. The maximum absolute atomic E-state index is 13.1. The van der Waals surface area contributed by atoms with Gasteiger partial charge in [0, 0.05) is 18.7 Å². The molecule has 0 spiro atoms. The van der Waals surface area contributed by atoms with Crippen LogP contribution in [0.25, 0.3) is 0 Å². The van der Waals surface area contributed by atoms with Crippen LogP contribution in [0.3, 0.4) is 0 Å². The Hall–Kier alpha value is -1.38. The summed E-state index contributed by atoms with van der Waals surface area (Å²) in [5.41, 5.74) is 0.477. The Balaban J connectivity index is 1.75. The van der Waals surface area contributed by atoms with Crippen molar-refractivity contribution in [3.8, 4) is 0 Å². The summed E-state index contributed by atoms with van der Waals surface area (Å²) >= 11 is 0. The van der Waals surface area contributed by atoms with Gasteiger partial charge in [0.25, 0.3) is 5.91 Å². The Morgan fingerprint density at radius 1 is 1.24 bits per heavy atom. The summed E-state index contributed by atoms with van der Waals surface area (Å²) in [6.07, 6.45) is 3.80. The SMILES string of the molecule is O=C(c1cccc(F)c1)N1CC2CCCC2C1. The number of amides is 1. The Labute approximate surface area is 100 Å². The van der Waals surface area contributed by atoms with Crippen molar-refractivity contribution in [3.05, 3.63) is 35.6 Å². The van der Waals surface area contributed by atoms with Crippen molar-refractivity contribution in [3.63, 3.8) is 0 Å². The van der Waals surface area contributed by atoms with E-state index >= 15 is 0 Å². The monoisotopic (exact) mass is 233 g/mol. The lowest BCUT2D eigenvalue weighted by molar-refractivity contribution is 0.0780. The molecule has 3 heteroatoms. The van der Waals surface area contributed by atoms with Gasteiger partial charge in [0.2, 0.25) is 0 Å². The van der Waals surface area contributed by atoms with Gasteiger partial charge >= 0.3 is 0 Å². The van der Waals surface area contributed by atoms with Crippen molar-refractivity contribution in [1.82, 2.24) is 4.90 Å². The van der Waals surface area contributed by atoms with Crippen LogP contribution in [0.2, 0.25) is 0 Å². The first-order chi connectivity index (χ1) is 8.24. The second kappa shape index (κ2) is 4.13. The van der Waals surface area contributed by atoms with Crippen molar-refractivity contribution in [2.75, 3.05) is 13.1 Å². The molecular formula is C14H16FNO. The average Bonchev–Trinajstić information content (AvgIpc) is 2.88. The third kappa shape index (κ3) is 1.94. The van der Waals surface area contributed by atoms with Crippen LogP contribution in [-0.2, 0) is 0 Å². The zero-order valence-electron chi connectivity index (χ0n) is 9.73. The molecule has 2 fully saturated rings. The summed E-state index contributed by atoms with van der Waals surface area (Å²) in [7, 11) is 0. The molecule has 0 aromatic heterocycles. The van der Waals surface area contributed by atoms with Crippen molar-refractivity contribution in [2.45, 2.75) is 19.3 Å². The Bertz CT molecular complexity index is 434. The smallest absolute Gasteiger partial charge is 0.253 e. The number of benzene rings is 1. The van der Waals surface area contributed by atoms with Gasteiger partial charge in [0.15, 0.2) is 0 Å². The second-order valence-electron chi connectivity index (χ2n) is 5.17. The standard InChI is InChI=1S/C14H16FNO/c15-13-6-2-3-10(7-13)14(17)16-8-11-4-1-5-12(11)9-16/h2-3,6-7,11-12H,1,4-5,8-9H2. The molecule has 90 valence electrons. The number of hydrogen-bond donors (Lipinski definition) is 0. The lowest BCUT2D eigenvalue weighted by Gasteiger charge is -2.17. The van der Waals surface area contributed by atoms with Gasteiger partial charge in [-0.3, -0.25) is 4.79 Å². The largest absolute Gasteiger partial charge is 0.338 e. The molecule has 1 aromatic rings. The number of nitrogens with zero attached hydrogens (tertiary/aromatic N) is 1. The number of carbonyl (C=O) groups excluding carboxylic acids is 1.